The average Bonchev–Trinajstić information content (AvgIpc) is 3.52. The van der Waals surface area contributed by atoms with Gasteiger partial charge in [0.05, 0.1) is 16.7 Å². The van der Waals surface area contributed by atoms with Crippen molar-refractivity contribution in [3.8, 4) is 17.1 Å². The Bertz CT molecular complexity index is 1580. The Balaban J connectivity index is 1.18. The SMILES string of the molecule is Cc1nc2cc(C(=O)Nc3nc(-c4ccccn4)cs3)ccc2n1CCCC(=O)NCc1ccc(O)cc1. The smallest absolute Gasteiger partial charge is 0.257 e. The maximum atomic E-state index is 12.9. The van der Waals surface area contributed by atoms with Crippen LogP contribution in [0.15, 0.2) is 72.2 Å². The van der Waals surface area contributed by atoms with Crippen molar-refractivity contribution in [2.45, 2.75) is 32.9 Å². The molecule has 0 spiro atoms. The average molecular weight is 527 g/mol. The van der Waals surface area contributed by atoms with Crippen molar-refractivity contribution in [1.82, 2.24) is 24.8 Å². The molecule has 9 nitrogen and oxygen atoms in total. The van der Waals surface area contributed by atoms with Crippen LogP contribution in [-0.4, -0.2) is 36.4 Å². The third kappa shape index (κ3) is 5.87. The first-order valence-corrected chi connectivity index (χ1v) is 13.0. The lowest BCUT2D eigenvalue weighted by Crippen LogP contribution is -2.22. The number of nitrogens with zero attached hydrogens (tertiary/aromatic N) is 4. The highest BCUT2D eigenvalue weighted by atomic mass is 32.1. The molecule has 0 aliphatic heterocycles. The fourth-order valence-electron chi connectivity index (χ4n) is 4.11. The van der Waals surface area contributed by atoms with E-state index in [1.807, 2.05) is 36.6 Å². The second kappa shape index (κ2) is 11.2. The number of hydrogen-bond donors (Lipinski definition) is 3. The molecule has 38 heavy (non-hydrogen) atoms. The summed E-state index contributed by atoms with van der Waals surface area (Å²) >= 11 is 1.35. The van der Waals surface area contributed by atoms with Crippen LogP contribution in [0.4, 0.5) is 5.13 Å². The molecule has 0 unspecified atom stereocenters. The van der Waals surface area contributed by atoms with E-state index < -0.39 is 0 Å². The Morgan fingerprint density at radius 2 is 1.87 bits per heavy atom. The summed E-state index contributed by atoms with van der Waals surface area (Å²) in [6.45, 7) is 2.97. The van der Waals surface area contributed by atoms with E-state index in [9.17, 15) is 14.7 Å². The predicted molar refractivity (Wildman–Crippen MR) is 147 cm³/mol. The van der Waals surface area contributed by atoms with Gasteiger partial charge in [-0.05, 0) is 61.4 Å². The number of aromatic nitrogens is 4. The van der Waals surface area contributed by atoms with Crippen molar-refractivity contribution in [2.24, 2.45) is 0 Å². The second-order valence-electron chi connectivity index (χ2n) is 8.77. The number of hydrogen-bond acceptors (Lipinski definition) is 7. The molecule has 3 aromatic heterocycles. The molecule has 3 heterocycles. The van der Waals surface area contributed by atoms with Gasteiger partial charge in [0.2, 0.25) is 5.91 Å². The van der Waals surface area contributed by atoms with Gasteiger partial charge in [0.1, 0.15) is 17.3 Å². The number of phenolic OH excluding ortho intramolecular Hbond substituents is 1. The number of aryl methyl sites for hydroxylation is 2. The molecule has 0 fully saturated rings. The van der Waals surface area contributed by atoms with E-state index >= 15 is 0 Å². The minimum absolute atomic E-state index is 0.0347. The van der Waals surface area contributed by atoms with E-state index in [2.05, 4.69) is 30.2 Å². The van der Waals surface area contributed by atoms with Gasteiger partial charge >= 0.3 is 0 Å². The summed E-state index contributed by atoms with van der Waals surface area (Å²) in [5, 5.41) is 17.5. The third-order valence-corrected chi connectivity index (χ3v) is 6.82. The van der Waals surface area contributed by atoms with E-state index in [0.717, 1.165) is 28.1 Å². The van der Waals surface area contributed by atoms with E-state index in [-0.39, 0.29) is 17.6 Å². The molecule has 3 N–H and O–H groups in total. The van der Waals surface area contributed by atoms with Crippen LogP contribution >= 0.6 is 11.3 Å². The Labute approximate surface area is 223 Å². The van der Waals surface area contributed by atoms with Gasteiger partial charge in [-0.25, -0.2) is 9.97 Å². The number of thiazole rings is 1. The molecule has 0 aliphatic carbocycles. The Hall–Kier alpha value is -4.57. The Morgan fingerprint density at radius 1 is 1.03 bits per heavy atom. The van der Waals surface area contributed by atoms with Crippen LogP contribution in [0.5, 0.6) is 5.75 Å². The standard InChI is InChI=1S/C28H26N6O3S/c1-18-31-23-15-20(27(37)33-28-32-24(17-38-28)22-5-2-3-13-29-22)9-12-25(23)34(18)14-4-6-26(36)30-16-19-7-10-21(35)11-8-19/h2-3,5,7-13,15,17,35H,4,6,14,16H2,1H3,(H,30,36)(H,32,33,37). The van der Waals surface area contributed by atoms with Crippen molar-refractivity contribution >= 4 is 39.3 Å². The first kappa shape index (κ1) is 25.1. The number of anilines is 1. The maximum absolute atomic E-state index is 12.9. The molecule has 5 rings (SSSR count). The van der Waals surface area contributed by atoms with Gasteiger partial charge in [-0.2, -0.15) is 0 Å². The Kier molecular flexibility index (Phi) is 7.41. The van der Waals surface area contributed by atoms with Crippen molar-refractivity contribution < 1.29 is 14.7 Å². The number of carbonyl (C=O) groups is 2. The van der Waals surface area contributed by atoms with Gasteiger partial charge in [0.15, 0.2) is 5.13 Å². The van der Waals surface area contributed by atoms with Gasteiger partial charge in [0, 0.05) is 36.7 Å². The number of pyridine rings is 1. The van der Waals surface area contributed by atoms with Crippen LogP contribution in [0.1, 0.15) is 34.6 Å². The summed E-state index contributed by atoms with van der Waals surface area (Å²) in [7, 11) is 0. The first-order valence-electron chi connectivity index (χ1n) is 12.2. The van der Waals surface area contributed by atoms with E-state index in [1.165, 1.54) is 11.3 Å². The van der Waals surface area contributed by atoms with Gasteiger partial charge in [-0.15, -0.1) is 11.3 Å². The first-order chi connectivity index (χ1) is 18.5. The molecule has 0 saturated carbocycles. The minimum Gasteiger partial charge on any atom is -0.508 e. The molecule has 0 bridgehead atoms. The van der Waals surface area contributed by atoms with Gasteiger partial charge < -0.3 is 15.0 Å². The number of aromatic hydroxyl groups is 1. The fraction of sp³-hybridized carbons (Fsp3) is 0.179. The summed E-state index contributed by atoms with van der Waals surface area (Å²) in [4.78, 5) is 38.5. The lowest BCUT2D eigenvalue weighted by molar-refractivity contribution is -0.121. The molecule has 0 atom stereocenters. The lowest BCUT2D eigenvalue weighted by atomic mass is 10.2. The lowest BCUT2D eigenvalue weighted by Gasteiger charge is -2.08. The van der Waals surface area contributed by atoms with Crippen molar-refractivity contribution in [2.75, 3.05) is 5.32 Å². The molecule has 2 amide bonds. The zero-order valence-corrected chi connectivity index (χ0v) is 21.5. The largest absolute Gasteiger partial charge is 0.508 e. The summed E-state index contributed by atoms with van der Waals surface area (Å²) in [6.07, 6.45) is 2.74. The van der Waals surface area contributed by atoms with Crippen molar-refractivity contribution in [1.29, 1.82) is 0 Å². The number of amides is 2. The number of rotatable bonds is 9. The molecule has 10 heteroatoms. The topological polar surface area (TPSA) is 122 Å². The number of fused-ring (bicyclic) bond motifs is 1. The molecule has 0 aliphatic rings. The van der Waals surface area contributed by atoms with Crippen LogP contribution < -0.4 is 10.6 Å². The number of imidazole rings is 1. The zero-order valence-electron chi connectivity index (χ0n) is 20.7. The fourth-order valence-corrected chi connectivity index (χ4v) is 4.81. The van der Waals surface area contributed by atoms with Crippen LogP contribution in [0.25, 0.3) is 22.4 Å². The van der Waals surface area contributed by atoms with Crippen molar-refractivity contribution in [3.05, 3.63) is 89.2 Å². The van der Waals surface area contributed by atoms with Crippen LogP contribution in [-0.2, 0) is 17.9 Å². The number of benzene rings is 2. The van der Waals surface area contributed by atoms with Gasteiger partial charge in [0.25, 0.3) is 5.91 Å². The summed E-state index contributed by atoms with van der Waals surface area (Å²) < 4.78 is 2.06. The van der Waals surface area contributed by atoms with Crippen LogP contribution in [0.3, 0.4) is 0 Å². The van der Waals surface area contributed by atoms with Crippen LogP contribution in [0, 0.1) is 6.92 Å². The molecular weight excluding hydrogens is 500 g/mol. The zero-order chi connectivity index (χ0) is 26.5. The summed E-state index contributed by atoms with van der Waals surface area (Å²) in [5.74, 6) is 0.728. The number of phenols is 1. The summed E-state index contributed by atoms with van der Waals surface area (Å²) in [6, 6.07) is 17.8. The van der Waals surface area contributed by atoms with E-state index in [1.54, 1.807) is 42.6 Å². The molecule has 0 saturated heterocycles. The molecule has 2 aromatic carbocycles. The van der Waals surface area contributed by atoms with E-state index in [0.29, 0.717) is 42.3 Å². The summed E-state index contributed by atoms with van der Waals surface area (Å²) in [5.41, 5.74) is 4.52. The molecule has 5 aromatic rings. The van der Waals surface area contributed by atoms with Crippen molar-refractivity contribution in [3.63, 3.8) is 0 Å². The van der Waals surface area contributed by atoms with Gasteiger partial charge in [-0.3, -0.25) is 19.9 Å². The molecule has 0 radical (unpaired) electrons. The highest BCUT2D eigenvalue weighted by Gasteiger charge is 2.14. The molecule has 192 valence electrons. The molecular formula is C28H26N6O3S. The minimum atomic E-state index is -0.258. The number of nitrogens with one attached hydrogen (secondary N) is 2. The van der Waals surface area contributed by atoms with E-state index in [4.69, 9.17) is 0 Å². The van der Waals surface area contributed by atoms with Gasteiger partial charge in [-0.1, -0.05) is 18.2 Å². The van der Waals surface area contributed by atoms with Crippen LogP contribution in [0.2, 0.25) is 0 Å². The third-order valence-electron chi connectivity index (χ3n) is 6.06. The monoisotopic (exact) mass is 526 g/mol. The maximum Gasteiger partial charge on any atom is 0.257 e. The highest BCUT2D eigenvalue weighted by Crippen LogP contribution is 2.24. The number of carbonyl (C=O) groups excluding carboxylic acids is 2. The second-order valence-corrected chi connectivity index (χ2v) is 9.63. The highest BCUT2D eigenvalue weighted by molar-refractivity contribution is 7.14. The quantitative estimate of drug-likeness (QED) is 0.251. The normalized spacial score (nSPS) is 11.0. The Morgan fingerprint density at radius 3 is 2.66 bits per heavy atom. The predicted octanol–water partition coefficient (Wildman–Crippen LogP) is 4.92.